The lowest BCUT2D eigenvalue weighted by molar-refractivity contribution is 0.0646. The predicted octanol–water partition coefficient (Wildman–Crippen LogP) is 2.32. The zero-order valence-corrected chi connectivity index (χ0v) is 10.7. The second-order valence-electron chi connectivity index (χ2n) is 4.54. The Morgan fingerprint density at radius 1 is 1.44 bits per heavy atom. The Bertz CT molecular complexity index is 445. The van der Waals surface area contributed by atoms with E-state index in [2.05, 4.69) is 0 Å². The number of nitrogens with zero attached hydrogens (tertiary/aromatic N) is 1. The van der Waals surface area contributed by atoms with Gasteiger partial charge in [0.15, 0.2) is 0 Å². The van der Waals surface area contributed by atoms with Gasteiger partial charge in [-0.1, -0.05) is 11.6 Å². The Labute approximate surface area is 110 Å². The largest absolute Gasteiger partial charge is 0.396 e. The van der Waals surface area contributed by atoms with E-state index in [0.717, 1.165) is 12.8 Å². The van der Waals surface area contributed by atoms with Crippen LogP contribution in [0.3, 0.4) is 0 Å². The number of amides is 1. The van der Waals surface area contributed by atoms with E-state index in [1.165, 1.54) is 18.2 Å². The van der Waals surface area contributed by atoms with Crippen molar-refractivity contribution >= 4 is 17.5 Å². The molecule has 5 heteroatoms. The van der Waals surface area contributed by atoms with Crippen LogP contribution in [0, 0.1) is 11.7 Å². The van der Waals surface area contributed by atoms with E-state index in [9.17, 15) is 9.18 Å². The SMILES string of the molecule is O=C(c1cc(Cl)ccc1F)N1CCC(CO)CC1. The molecule has 1 aromatic carbocycles. The van der Waals surface area contributed by atoms with E-state index in [1.54, 1.807) is 4.90 Å². The molecule has 1 aliphatic rings. The molecule has 1 aromatic rings. The third-order valence-corrected chi connectivity index (χ3v) is 3.55. The maximum Gasteiger partial charge on any atom is 0.256 e. The number of aliphatic hydroxyl groups is 1. The van der Waals surface area contributed by atoms with Crippen molar-refractivity contribution in [1.82, 2.24) is 4.90 Å². The quantitative estimate of drug-likeness (QED) is 0.897. The first-order chi connectivity index (χ1) is 8.61. The van der Waals surface area contributed by atoms with E-state index in [-0.39, 0.29) is 24.0 Å². The fraction of sp³-hybridized carbons (Fsp3) is 0.462. The molecule has 0 bridgehead atoms. The molecule has 2 rings (SSSR count). The molecule has 0 unspecified atom stereocenters. The van der Waals surface area contributed by atoms with Crippen molar-refractivity contribution in [2.45, 2.75) is 12.8 Å². The van der Waals surface area contributed by atoms with Crippen molar-refractivity contribution in [2.75, 3.05) is 19.7 Å². The molecule has 0 atom stereocenters. The summed E-state index contributed by atoms with van der Waals surface area (Å²) in [6, 6.07) is 3.99. The first-order valence-corrected chi connectivity index (χ1v) is 6.35. The lowest BCUT2D eigenvalue weighted by atomic mass is 9.97. The normalized spacial score (nSPS) is 16.9. The van der Waals surface area contributed by atoms with E-state index >= 15 is 0 Å². The van der Waals surface area contributed by atoms with Crippen LogP contribution in [-0.2, 0) is 0 Å². The fourth-order valence-electron chi connectivity index (χ4n) is 2.15. The molecule has 0 spiro atoms. The molecule has 0 saturated carbocycles. The van der Waals surface area contributed by atoms with Crippen LogP contribution in [0.25, 0.3) is 0 Å². The zero-order valence-electron chi connectivity index (χ0n) is 9.90. The predicted molar refractivity (Wildman–Crippen MR) is 67.1 cm³/mol. The lowest BCUT2D eigenvalue weighted by Gasteiger charge is -2.31. The minimum Gasteiger partial charge on any atom is -0.396 e. The van der Waals surface area contributed by atoms with Crippen molar-refractivity contribution in [3.05, 3.63) is 34.6 Å². The third kappa shape index (κ3) is 2.82. The molecule has 1 saturated heterocycles. The average molecular weight is 272 g/mol. The van der Waals surface area contributed by atoms with Gasteiger partial charge in [0.1, 0.15) is 5.82 Å². The Morgan fingerprint density at radius 2 is 2.11 bits per heavy atom. The first kappa shape index (κ1) is 13.3. The first-order valence-electron chi connectivity index (χ1n) is 5.97. The van der Waals surface area contributed by atoms with Gasteiger partial charge < -0.3 is 10.0 Å². The van der Waals surface area contributed by atoms with Crippen LogP contribution in [0.1, 0.15) is 23.2 Å². The van der Waals surface area contributed by atoms with Crippen molar-refractivity contribution in [2.24, 2.45) is 5.92 Å². The van der Waals surface area contributed by atoms with E-state index < -0.39 is 5.82 Å². The van der Waals surface area contributed by atoms with E-state index in [1.807, 2.05) is 0 Å². The standard InChI is InChI=1S/C13H15ClFNO2/c14-10-1-2-12(15)11(7-10)13(18)16-5-3-9(8-17)4-6-16/h1-2,7,9,17H,3-6,8H2. The maximum atomic E-state index is 13.6. The molecule has 0 radical (unpaired) electrons. The smallest absolute Gasteiger partial charge is 0.256 e. The summed E-state index contributed by atoms with van der Waals surface area (Å²) in [4.78, 5) is 13.7. The van der Waals surface area contributed by atoms with Gasteiger partial charge in [-0.2, -0.15) is 0 Å². The fourth-order valence-corrected chi connectivity index (χ4v) is 2.32. The summed E-state index contributed by atoms with van der Waals surface area (Å²) in [7, 11) is 0. The number of piperidine rings is 1. The monoisotopic (exact) mass is 271 g/mol. The van der Waals surface area contributed by atoms with Gasteiger partial charge in [-0.25, -0.2) is 4.39 Å². The molecule has 1 amide bonds. The summed E-state index contributed by atoms with van der Waals surface area (Å²) < 4.78 is 13.6. The summed E-state index contributed by atoms with van der Waals surface area (Å²) in [6.45, 7) is 1.25. The Kier molecular flexibility index (Phi) is 4.19. The molecule has 3 nitrogen and oxygen atoms in total. The van der Waals surface area contributed by atoms with E-state index in [4.69, 9.17) is 16.7 Å². The number of hydrogen-bond acceptors (Lipinski definition) is 2. The van der Waals surface area contributed by atoms with Gasteiger partial charge in [-0.3, -0.25) is 4.79 Å². The maximum absolute atomic E-state index is 13.6. The van der Waals surface area contributed by atoms with Crippen LogP contribution >= 0.6 is 11.6 Å². The molecule has 1 heterocycles. The number of rotatable bonds is 2. The Balaban J connectivity index is 2.10. The number of likely N-dealkylation sites (tertiary alicyclic amines) is 1. The number of carbonyl (C=O) groups excluding carboxylic acids is 1. The van der Waals surface area contributed by atoms with Gasteiger partial charge in [0.2, 0.25) is 0 Å². The molecular weight excluding hydrogens is 257 g/mol. The topological polar surface area (TPSA) is 40.5 Å². The summed E-state index contributed by atoms with van der Waals surface area (Å²) in [5.74, 6) is -0.627. The highest BCUT2D eigenvalue weighted by Crippen LogP contribution is 2.21. The number of benzene rings is 1. The Hall–Kier alpha value is -1.13. The van der Waals surface area contributed by atoms with Gasteiger partial charge >= 0.3 is 0 Å². The van der Waals surface area contributed by atoms with E-state index in [0.29, 0.717) is 18.1 Å². The molecular formula is C13H15ClFNO2. The van der Waals surface area contributed by atoms with Gasteiger partial charge in [0.25, 0.3) is 5.91 Å². The number of halogens is 2. The minimum absolute atomic E-state index is 0.0185. The summed E-state index contributed by atoms with van der Waals surface area (Å²) in [5, 5.41) is 9.38. The summed E-state index contributed by atoms with van der Waals surface area (Å²) in [6.07, 6.45) is 1.51. The van der Waals surface area contributed by atoms with Crippen LogP contribution in [0.2, 0.25) is 5.02 Å². The molecule has 0 aromatic heterocycles. The van der Waals surface area contributed by atoms with Gasteiger partial charge in [-0.05, 0) is 37.0 Å². The molecule has 98 valence electrons. The highest BCUT2D eigenvalue weighted by atomic mass is 35.5. The van der Waals surface area contributed by atoms with Crippen molar-refractivity contribution in [3.8, 4) is 0 Å². The van der Waals surface area contributed by atoms with Gasteiger partial charge in [0.05, 0.1) is 5.56 Å². The average Bonchev–Trinajstić information content (AvgIpc) is 2.41. The second kappa shape index (κ2) is 5.67. The summed E-state index contributed by atoms with van der Waals surface area (Å²) in [5.41, 5.74) is 0.0185. The lowest BCUT2D eigenvalue weighted by Crippen LogP contribution is -2.39. The Morgan fingerprint density at radius 3 is 2.72 bits per heavy atom. The van der Waals surface area contributed by atoms with Gasteiger partial charge in [0, 0.05) is 24.7 Å². The van der Waals surface area contributed by atoms with Crippen molar-refractivity contribution in [1.29, 1.82) is 0 Å². The van der Waals surface area contributed by atoms with Crippen LogP contribution in [0.4, 0.5) is 4.39 Å². The highest BCUT2D eigenvalue weighted by Gasteiger charge is 2.24. The number of hydrogen-bond donors (Lipinski definition) is 1. The van der Waals surface area contributed by atoms with Crippen molar-refractivity contribution < 1.29 is 14.3 Å². The van der Waals surface area contributed by atoms with Gasteiger partial charge in [-0.15, -0.1) is 0 Å². The van der Waals surface area contributed by atoms with Crippen LogP contribution in [0.15, 0.2) is 18.2 Å². The van der Waals surface area contributed by atoms with Crippen LogP contribution in [-0.4, -0.2) is 35.6 Å². The number of carbonyl (C=O) groups is 1. The van der Waals surface area contributed by atoms with Crippen molar-refractivity contribution in [3.63, 3.8) is 0 Å². The molecule has 1 fully saturated rings. The second-order valence-corrected chi connectivity index (χ2v) is 4.98. The van der Waals surface area contributed by atoms with Crippen LogP contribution < -0.4 is 0 Å². The third-order valence-electron chi connectivity index (χ3n) is 3.32. The number of aliphatic hydroxyl groups excluding tert-OH is 1. The minimum atomic E-state index is -0.548. The molecule has 18 heavy (non-hydrogen) atoms. The molecule has 1 aliphatic heterocycles. The highest BCUT2D eigenvalue weighted by molar-refractivity contribution is 6.31. The van der Waals surface area contributed by atoms with Crippen LogP contribution in [0.5, 0.6) is 0 Å². The molecule has 0 aliphatic carbocycles. The summed E-state index contributed by atoms with van der Waals surface area (Å²) >= 11 is 5.77. The molecule has 1 N–H and O–H groups in total. The zero-order chi connectivity index (χ0) is 13.1.